The predicted octanol–water partition coefficient (Wildman–Crippen LogP) is 4.54. The molecule has 1 saturated carbocycles. The van der Waals surface area contributed by atoms with Crippen LogP contribution < -0.4 is 4.74 Å². The Labute approximate surface area is 184 Å². The van der Waals surface area contributed by atoms with Crippen molar-refractivity contribution in [3.8, 4) is 5.75 Å². The summed E-state index contributed by atoms with van der Waals surface area (Å²) in [5.41, 5.74) is 0.349. The second kappa shape index (κ2) is 9.81. The van der Waals surface area contributed by atoms with Crippen LogP contribution in [-0.4, -0.2) is 33.1 Å². The molecule has 6 nitrogen and oxygen atoms in total. The van der Waals surface area contributed by atoms with Crippen molar-refractivity contribution >= 4 is 15.8 Å². The maximum Gasteiger partial charge on any atom is 0.332 e. The Kier molecular flexibility index (Phi) is 7.36. The largest absolute Gasteiger partial charge is 0.497 e. The number of rotatable bonds is 8. The van der Waals surface area contributed by atoms with Crippen LogP contribution in [0.3, 0.4) is 0 Å². The molecular weight excluding hydrogens is 414 g/mol. The summed E-state index contributed by atoms with van der Waals surface area (Å²) in [6.45, 7) is 3.66. The summed E-state index contributed by atoms with van der Waals surface area (Å²) in [6, 6.07) is 9.51. The highest BCUT2D eigenvalue weighted by atomic mass is 32.2. The van der Waals surface area contributed by atoms with E-state index in [4.69, 9.17) is 9.47 Å². The van der Waals surface area contributed by atoms with Crippen LogP contribution in [0.5, 0.6) is 5.75 Å². The van der Waals surface area contributed by atoms with Gasteiger partial charge in [-0.15, -0.1) is 0 Å². The molecule has 0 radical (unpaired) electrons. The number of carbonyl (C=O) groups excluding carboxylic acids is 1. The molecule has 1 aliphatic carbocycles. The van der Waals surface area contributed by atoms with Gasteiger partial charge >= 0.3 is 5.97 Å². The summed E-state index contributed by atoms with van der Waals surface area (Å²) in [4.78, 5) is 17.9. The van der Waals surface area contributed by atoms with Crippen LogP contribution in [0.2, 0.25) is 0 Å². The first-order valence-electron chi connectivity index (χ1n) is 10.9. The fourth-order valence-electron chi connectivity index (χ4n) is 4.80. The first-order valence-corrected chi connectivity index (χ1v) is 12.3. The van der Waals surface area contributed by atoms with Crippen molar-refractivity contribution in [2.45, 2.75) is 55.6 Å². The molecule has 0 aliphatic heterocycles. The molecule has 3 rings (SSSR count). The van der Waals surface area contributed by atoms with Crippen LogP contribution in [0, 0.1) is 11.8 Å². The number of aromatic nitrogens is 1. The van der Waals surface area contributed by atoms with Gasteiger partial charge in [0.2, 0.25) is 4.75 Å². The Morgan fingerprint density at radius 1 is 1.16 bits per heavy atom. The average molecular weight is 446 g/mol. The molecule has 2 unspecified atom stereocenters. The SMILES string of the molecule is CCOC(=O)C(c1cccnc1)(C(C)C1CCCCC1)S(=O)(=O)c1ccc(OC)cc1. The average Bonchev–Trinajstić information content (AvgIpc) is 2.81. The molecule has 1 aromatic carbocycles. The Bertz CT molecular complexity index is 969. The number of hydrogen-bond donors (Lipinski definition) is 0. The third kappa shape index (κ3) is 4.20. The summed E-state index contributed by atoms with van der Waals surface area (Å²) in [6.07, 6.45) is 8.03. The molecular formula is C24H31NO5S. The first-order chi connectivity index (χ1) is 14.9. The smallest absolute Gasteiger partial charge is 0.332 e. The van der Waals surface area contributed by atoms with Crippen LogP contribution in [0.25, 0.3) is 0 Å². The summed E-state index contributed by atoms with van der Waals surface area (Å²) in [5, 5.41) is 0. The van der Waals surface area contributed by atoms with Crippen LogP contribution in [-0.2, 0) is 24.1 Å². The number of methoxy groups -OCH3 is 1. The molecule has 1 aromatic heterocycles. The van der Waals surface area contributed by atoms with Crippen LogP contribution >= 0.6 is 0 Å². The zero-order chi connectivity index (χ0) is 22.5. The number of esters is 1. The fraction of sp³-hybridized carbons (Fsp3) is 0.500. The highest BCUT2D eigenvalue weighted by molar-refractivity contribution is 7.93. The van der Waals surface area contributed by atoms with Gasteiger partial charge in [-0.25, -0.2) is 13.2 Å². The molecule has 0 N–H and O–H groups in total. The van der Waals surface area contributed by atoms with Gasteiger partial charge in [0.25, 0.3) is 0 Å². The quantitative estimate of drug-likeness (QED) is 0.555. The lowest BCUT2D eigenvalue weighted by atomic mass is 9.72. The van der Waals surface area contributed by atoms with E-state index in [1.165, 1.54) is 25.4 Å². The van der Waals surface area contributed by atoms with Crippen molar-refractivity contribution in [1.82, 2.24) is 4.98 Å². The number of nitrogens with zero attached hydrogens (tertiary/aromatic N) is 1. The molecule has 1 aliphatic rings. The number of carbonyl (C=O) groups is 1. The van der Waals surface area contributed by atoms with Gasteiger partial charge in [0.05, 0.1) is 18.6 Å². The number of benzene rings is 1. The van der Waals surface area contributed by atoms with E-state index in [0.717, 1.165) is 32.1 Å². The number of pyridine rings is 1. The van der Waals surface area contributed by atoms with E-state index in [1.807, 2.05) is 6.92 Å². The van der Waals surface area contributed by atoms with Crippen LogP contribution in [0.1, 0.15) is 51.5 Å². The first kappa shape index (κ1) is 23.3. The fourth-order valence-corrected chi connectivity index (χ4v) is 7.06. The lowest BCUT2D eigenvalue weighted by Gasteiger charge is -2.41. The maximum atomic E-state index is 14.3. The monoisotopic (exact) mass is 445 g/mol. The Hall–Kier alpha value is -2.41. The normalized spacial score (nSPS) is 18.0. The molecule has 0 amide bonds. The molecule has 0 bridgehead atoms. The molecule has 31 heavy (non-hydrogen) atoms. The van der Waals surface area contributed by atoms with Crippen molar-refractivity contribution in [1.29, 1.82) is 0 Å². The third-order valence-electron chi connectivity index (χ3n) is 6.46. The van der Waals surface area contributed by atoms with Gasteiger partial charge < -0.3 is 9.47 Å². The second-order valence-electron chi connectivity index (χ2n) is 8.06. The van der Waals surface area contributed by atoms with E-state index in [0.29, 0.717) is 11.3 Å². The summed E-state index contributed by atoms with van der Waals surface area (Å²) >= 11 is 0. The molecule has 1 fully saturated rings. The van der Waals surface area contributed by atoms with E-state index in [-0.39, 0.29) is 17.4 Å². The molecule has 0 spiro atoms. The standard InChI is InChI=1S/C24H31NO5S/c1-4-30-23(26)24(20-11-8-16-25-17-20,18(2)19-9-6-5-7-10-19)31(27,28)22-14-12-21(29-3)13-15-22/h8,11-19H,4-7,9-10H2,1-3H3. The third-order valence-corrected chi connectivity index (χ3v) is 8.98. The van der Waals surface area contributed by atoms with Crippen molar-refractivity contribution in [3.63, 3.8) is 0 Å². The number of hydrogen-bond acceptors (Lipinski definition) is 6. The highest BCUT2D eigenvalue weighted by Gasteiger charge is 2.59. The van der Waals surface area contributed by atoms with Gasteiger partial charge in [0, 0.05) is 18.0 Å². The maximum absolute atomic E-state index is 14.3. The van der Waals surface area contributed by atoms with E-state index < -0.39 is 26.5 Å². The minimum absolute atomic E-state index is 0.0628. The molecule has 168 valence electrons. The molecule has 7 heteroatoms. The topological polar surface area (TPSA) is 82.6 Å². The summed E-state index contributed by atoms with van der Waals surface area (Å²) < 4.78 is 37.3. The minimum Gasteiger partial charge on any atom is -0.497 e. The molecule has 1 heterocycles. The van der Waals surface area contributed by atoms with Crippen LogP contribution in [0.15, 0.2) is 53.7 Å². The zero-order valence-corrected chi connectivity index (χ0v) is 19.2. The summed E-state index contributed by atoms with van der Waals surface area (Å²) in [7, 11) is -2.66. The Morgan fingerprint density at radius 3 is 2.39 bits per heavy atom. The minimum atomic E-state index is -4.18. The van der Waals surface area contributed by atoms with Gasteiger partial charge in [0.15, 0.2) is 9.84 Å². The van der Waals surface area contributed by atoms with Gasteiger partial charge in [-0.2, -0.15) is 0 Å². The lowest BCUT2D eigenvalue weighted by Crippen LogP contribution is -2.52. The molecule has 0 saturated heterocycles. The number of sulfone groups is 1. The second-order valence-corrected chi connectivity index (χ2v) is 10.2. The van der Waals surface area contributed by atoms with E-state index in [2.05, 4.69) is 4.98 Å². The van der Waals surface area contributed by atoms with Gasteiger partial charge in [-0.1, -0.05) is 45.1 Å². The molecule has 2 atom stereocenters. The van der Waals surface area contributed by atoms with Crippen molar-refractivity contribution in [2.24, 2.45) is 11.8 Å². The van der Waals surface area contributed by atoms with Crippen molar-refractivity contribution < 1.29 is 22.7 Å². The van der Waals surface area contributed by atoms with Gasteiger partial charge in [-0.05, 0) is 49.1 Å². The Morgan fingerprint density at radius 2 is 1.84 bits per heavy atom. The van der Waals surface area contributed by atoms with Crippen molar-refractivity contribution in [2.75, 3.05) is 13.7 Å². The van der Waals surface area contributed by atoms with E-state index in [1.54, 1.807) is 37.4 Å². The van der Waals surface area contributed by atoms with Crippen molar-refractivity contribution in [3.05, 3.63) is 54.4 Å². The lowest BCUT2D eigenvalue weighted by molar-refractivity contribution is -0.149. The zero-order valence-electron chi connectivity index (χ0n) is 18.4. The van der Waals surface area contributed by atoms with Gasteiger partial charge in [0.1, 0.15) is 5.75 Å². The van der Waals surface area contributed by atoms with E-state index >= 15 is 0 Å². The Balaban J connectivity index is 2.27. The summed E-state index contributed by atoms with van der Waals surface area (Å²) in [5.74, 6) is -0.589. The van der Waals surface area contributed by atoms with Crippen LogP contribution in [0.4, 0.5) is 0 Å². The molecule has 2 aromatic rings. The van der Waals surface area contributed by atoms with Gasteiger partial charge in [-0.3, -0.25) is 4.98 Å². The van der Waals surface area contributed by atoms with E-state index in [9.17, 15) is 13.2 Å². The predicted molar refractivity (Wildman–Crippen MR) is 118 cm³/mol. The number of ether oxygens (including phenoxy) is 2. The highest BCUT2D eigenvalue weighted by Crippen LogP contribution is 2.49.